The molecule has 2 aliphatic heterocycles. The zero-order valence-corrected chi connectivity index (χ0v) is 18.2. The molecular weight excluding hydrogens is 450 g/mol. The first-order valence-electron chi connectivity index (χ1n) is 10.1. The van der Waals surface area contributed by atoms with Gasteiger partial charge in [-0.05, 0) is 26.3 Å². The van der Waals surface area contributed by atoms with Crippen LogP contribution < -0.4 is 15.8 Å². The van der Waals surface area contributed by atoms with E-state index < -0.39 is 49.9 Å². The molecule has 0 bridgehead atoms. The Balaban J connectivity index is 1.58. The highest BCUT2D eigenvalue weighted by Crippen LogP contribution is 2.56. The fourth-order valence-electron chi connectivity index (χ4n) is 3.50. The highest BCUT2D eigenvalue weighted by atomic mass is 31.2. The van der Waals surface area contributed by atoms with E-state index in [-0.39, 0.29) is 17.9 Å². The van der Waals surface area contributed by atoms with Gasteiger partial charge < -0.3 is 19.5 Å². The first-order valence-corrected chi connectivity index (χ1v) is 11.0. The molecule has 0 radical (unpaired) electrons. The number of aryl methyl sites for hydroxylation is 3. The number of phosphoric acid groups is 1. The van der Waals surface area contributed by atoms with Crippen molar-refractivity contribution in [3.63, 3.8) is 0 Å². The van der Waals surface area contributed by atoms with Crippen LogP contribution in [-0.4, -0.2) is 44.4 Å². The van der Waals surface area contributed by atoms with Crippen LogP contribution in [0.15, 0.2) is 27.9 Å². The number of nitrogens with one attached hydrogen (secondary N) is 1. The van der Waals surface area contributed by atoms with Gasteiger partial charge in [0.15, 0.2) is 6.20 Å². The predicted molar refractivity (Wildman–Crippen MR) is 107 cm³/mol. The van der Waals surface area contributed by atoms with Gasteiger partial charge in [-0.1, -0.05) is 17.7 Å². The highest BCUT2D eigenvalue weighted by molar-refractivity contribution is 7.49. The normalized spacial score (nSPS) is 34.6. The summed E-state index contributed by atoms with van der Waals surface area (Å²) >= 11 is 0. The maximum atomic E-state index is 15.5. The number of ether oxygens (including phenoxy) is 1. The molecule has 1 fully saturated rings. The van der Waals surface area contributed by atoms with Crippen LogP contribution in [0.5, 0.6) is 5.75 Å². The summed E-state index contributed by atoms with van der Waals surface area (Å²) in [6.07, 6.45) is -6.66. The van der Waals surface area contributed by atoms with Gasteiger partial charge in [0.25, 0.3) is 11.4 Å². The number of phosphoric ester groups is 1. The van der Waals surface area contributed by atoms with Crippen LogP contribution in [0.3, 0.4) is 0 Å². The third-order valence-electron chi connectivity index (χ3n) is 5.12. The van der Waals surface area contributed by atoms with Crippen molar-refractivity contribution in [1.29, 1.82) is 0 Å². The number of aliphatic hydroxyl groups is 2. The van der Waals surface area contributed by atoms with Crippen LogP contribution >= 0.6 is 7.82 Å². The molecule has 2 aromatic rings. The van der Waals surface area contributed by atoms with Gasteiger partial charge in [0, 0.05) is 17.3 Å². The maximum absolute atomic E-state index is 15.5. The lowest BCUT2D eigenvalue weighted by molar-refractivity contribution is -0.205. The monoisotopic (exact) mass is 473 g/mol. The van der Waals surface area contributed by atoms with Gasteiger partial charge in [0.05, 0.1) is 7.98 Å². The molecule has 174 valence electrons. The third kappa shape index (κ3) is 3.94. The molecule has 3 N–H and O–H groups in total. The summed E-state index contributed by atoms with van der Waals surface area (Å²) in [7, 11) is -4.36. The standard InChI is InChI=1S/C19H22FN2O9P/c1-9-4-10(2)14-12(5-9)7-28-32(27,31-14)29-8-19(20)15(24)13(23)17(30-19)22-6-11(3)16(25)21-18(22)26/h4-6,13,15,17,23-24H,7-8H2,1-3H3,(H,21,25,26)/t13-,15+,17-,19-,32?/m1/s1/i17D. The summed E-state index contributed by atoms with van der Waals surface area (Å²) in [5, 5.41) is 20.6. The van der Waals surface area contributed by atoms with E-state index in [0.29, 0.717) is 15.7 Å². The second-order valence-corrected chi connectivity index (χ2v) is 9.31. The van der Waals surface area contributed by atoms with Crippen molar-refractivity contribution in [3.8, 4) is 5.75 Å². The molecule has 13 heteroatoms. The molecule has 0 spiro atoms. The van der Waals surface area contributed by atoms with Crippen LogP contribution in [0.4, 0.5) is 4.39 Å². The number of H-pyrrole nitrogens is 1. The molecule has 0 saturated carbocycles. The number of aromatic nitrogens is 2. The summed E-state index contributed by atoms with van der Waals surface area (Å²) in [6.45, 7) is 3.48. The van der Waals surface area contributed by atoms with Crippen molar-refractivity contribution in [2.24, 2.45) is 0 Å². The Hall–Kier alpha value is -2.34. The minimum Gasteiger partial charge on any atom is -0.403 e. The highest BCUT2D eigenvalue weighted by Gasteiger charge is 2.57. The van der Waals surface area contributed by atoms with E-state index >= 15 is 4.39 Å². The lowest BCUT2D eigenvalue weighted by Gasteiger charge is -2.29. The SMILES string of the molecule is [2H][C@@]1(n2cc(C)c(=O)[nH]c2=O)O[C@](F)(COP2(=O)OCc3cc(C)cc(C)c3O2)[C@@H](O)[C@H]1O. The number of alkyl halides is 1. The topological polar surface area (TPSA) is 149 Å². The molecule has 1 aromatic heterocycles. The summed E-state index contributed by atoms with van der Waals surface area (Å²) in [4.78, 5) is 25.6. The Morgan fingerprint density at radius 3 is 2.78 bits per heavy atom. The van der Waals surface area contributed by atoms with E-state index in [1.54, 1.807) is 19.1 Å². The lowest BCUT2D eigenvalue weighted by atomic mass is 10.1. The molecule has 32 heavy (non-hydrogen) atoms. The second-order valence-electron chi connectivity index (χ2n) is 7.71. The van der Waals surface area contributed by atoms with Gasteiger partial charge in [0.2, 0.25) is 0 Å². The van der Waals surface area contributed by atoms with E-state index in [1.807, 2.05) is 11.9 Å². The second kappa shape index (κ2) is 7.91. The number of hydrogen-bond donors (Lipinski definition) is 3. The smallest absolute Gasteiger partial charge is 0.403 e. The Morgan fingerprint density at radius 2 is 2.06 bits per heavy atom. The lowest BCUT2D eigenvalue weighted by Crippen LogP contribution is -2.43. The molecule has 2 aliphatic rings. The van der Waals surface area contributed by atoms with Crippen molar-refractivity contribution in [1.82, 2.24) is 9.55 Å². The van der Waals surface area contributed by atoms with Crippen LogP contribution in [0, 0.1) is 20.8 Å². The number of halogens is 1. The van der Waals surface area contributed by atoms with Crippen molar-refractivity contribution >= 4 is 7.82 Å². The zero-order valence-electron chi connectivity index (χ0n) is 18.3. The molecule has 0 aliphatic carbocycles. The summed E-state index contributed by atoms with van der Waals surface area (Å²) in [6, 6.07) is 3.55. The Labute approximate surface area is 182 Å². The molecule has 11 nitrogen and oxygen atoms in total. The number of nitrogens with zero attached hydrogens (tertiary/aromatic N) is 1. The maximum Gasteiger partial charge on any atom is 0.530 e. The van der Waals surface area contributed by atoms with E-state index in [1.165, 1.54) is 6.92 Å². The Kier molecular flexibility index (Phi) is 5.31. The fourth-order valence-corrected chi connectivity index (χ4v) is 4.80. The number of aromatic amines is 1. The van der Waals surface area contributed by atoms with Gasteiger partial charge in [0.1, 0.15) is 24.6 Å². The number of fused-ring (bicyclic) bond motifs is 1. The molecular formula is C19H22FN2O9P. The number of rotatable bonds is 4. The van der Waals surface area contributed by atoms with Gasteiger partial charge in [-0.3, -0.25) is 23.4 Å². The van der Waals surface area contributed by atoms with Crippen LogP contribution in [0.1, 0.15) is 29.8 Å². The minimum atomic E-state index is -4.36. The first kappa shape index (κ1) is 21.5. The molecule has 3 heterocycles. The number of aliphatic hydroxyl groups excluding tert-OH is 2. The van der Waals surface area contributed by atoms with E-state index in [4.69, 9.17) is 19.7 Å². The summed E-state index contributed by atoms with van der Waals surface area (Å²) < 4.78 is 57.7. The van der Waals surface area contributed by atoms with Gasteiger partial charge in [-0.2, -0.15) is 0 Å². The zero-order chi connectivity index (χ0) is 24.3. The average molecular weight is 473 g/mol. The van der Waals surface area contributed by atoms with Crippen LogP contribution in [0.25, 0.3) is 0 Å². The first-order chi connectivity index (χ1) is 15.3. The summed E-state index contributed by atoms with van der Waals surface area (Å²) in [5.74, 6) is -3.03. The van der Waals surface area contributed by atoms with Crippen molar-refractivity contribution in [2.45, 2.75) is 51.6 Å². The van der Waals surface area contributed by atoms with Crippen molar-refractivity contribution in [3.05, 3.63) is 61.4 Å². The quantitative estimate of drug-likeness (QED) is 0.555. The molecule has 4 rings (SSSR count). The van der Waals surface area contributed by atoms with Crippen molar-refractivity contribution < 1.29 is 38.8 Å². The van der Waals surface area contributed by atoms with E-state index in [0.717, 1.165) is 11.8 Å². The van der Waals surface area contributed by atoms with Crippen LogP contribution in [0.2, 0.25) is 0 Å². The number of hydrogen-bond acceptors (Lipinski definition) is 9. The largest absolute Gasteiger partial charge is 0.530 e. The van der Waals surface area contributed by atoms with E-state index in [9.17, 15) is 24.4 Å². The molecule has 1 aromatic carbocycles. The van der Waals surface area contributed by atoms with Gasteiger partial charge >= 0.3 is 13.5 Å². The molecule has 1 saturated heterocycles. The third-order valence-corrected chi connectivity index (χ3v) is 6.42. The minimum absolute atomic E-state index is 0.0307. The molecule has 5 atom stereocenters. The molecule has 1 unspecified atom stereocenters. The van der Waals surface area contributed by atoms with E-state index in [2.05, 4.69) is 0 Å². The fraction of sp³-hybridized carbons (Fsp3) is 0.474. The average Bonchev–Trinajstić information content (AvgIpc) is 2.91. The number of benzene rings is 1. The summed E-state index contributed by atoms with van der Waals surface area (Å²) in [5.41, 5.74) is 0.233. The predicted octanol–water partition coefficient (Wildman–Crippen LogP) is 1.11. The Bertz CT molecular complexity index is 1280. The molecule has 0 amide bonds. The van der Waals surface area contributed by atoms with Gasteiger partial charge in [-0.25, -0.2) is 13.8 Å². The van der Waals surface area contributed by atoms with Crippen LogP contribution in [-0.2, 0) is 25.0 Å². The van der Waals surface area contributed by atoms with Gasteiger partial charge in [-0.15, -0.1) is 0 Å². The van der Waals surface area contributed by atoms with Crippen molar-refractivity contribution in [2.75, 3.05) is 6.61 Å². The Morgan fingerprint density at radius 1 is 1.34 bits per heavy atom.